The van der Waals surface area contributed by atoms with Crippen LogP contribution in [-0.4, -0.2) is 42.8 Å². The van der Waals surface area contributed by atoms with Crippen molar-refractivity contribution in [2.75, 3.05) is 26.6 Å². The van der Waals surface area contributed by atoms with Gasteiger partial charge in [-0.2, -0.15) is 0 Å². The van der Waals surface area contributed by atoms with Gasteiger partial charge in [0.05, 0.1) is 19.8 Å². The molecule has 0 aliphatic carbocycles. The van der Waals surface area contributed by atoms with E-state index in [0.29, 0.717) is 20.0 Å². The lowest BCUT2D eigenvalue weighted by Crippen LogP contribution is -2.39. The second-order valence-corrected chi connectivity index (χ2v) is 3.37. The number of carboxylic acid groups (broad SMARTS) is 1. The van der Waals surface area contributed by atoms with Crippen molar-refractivity contribution in [2.24, 2.45) is 5.41 Å². The van der Waals surface area contributed by atoms with Crippen molar-refractivity contribution in [1.82, 2.24) is 0 Å². The zero-order valence-corrected chi connectivity index (χ0v) is 8.94. The minimum atomic E-state index is -0.981. The van der Waals surface area contributed by atoms with Gasteiger partial charge in [0, 0.05) is 11.5 Å². The van der Waals surface area contributed by atoms with E-state index in [4.69, 9.17) is 19.7 Å². The average molecular weight is 218 g/mol. The van der Waals surface area contributed by atoms with Crippen LogP contribution in [-0.2, 0) is 14.3 Å². The zero-order chi connectivity index (χ0) is 11.7. The molecule has 0 aromatic rings. The number of aliphatic hydroxyl groups excluding tert-OH is 1. The Labute approximate surface area is 89.3 Å². The first kappa shape index (κ1) is 14.1. The summed E-state index contributed by atoms with van der Waals surface area (Å²) in [5.41, 5.74) is -0.127. The molecule has 88 valence electrons. The Morgan fingerprint density at radius 2 is 2.00 bits per heavy atom. The van der Waals surface area contributed by atoms with E-state index in [-0.39, 0.29) is 12.0 Å². The number of hydrogen-bond donors (Lipinski definition) is 2. The number of aliphatic hydroxyl groups is 1. The number of hydrogen-bond acceptors (Lipinski definition) is 4. The molecule has 1 heterocycles. The van der Waals surface area contributed by atoms with E-state index < -0.39 is 5.97 Å². The summed E-state index contributed by atoms with van der Waals surface area (Å²) in [6.07, 6.45) is 1.74. The number of rotatable bonds is 3. The SMILES string of the molecule is C=CC(=O)O.CCC1(CO)COCOC1. The molecule has 1 rings (SSSR count). The molecule has 0 radical (unpaired) electrons. The monoisotopic (exact) mass is 218 g/mol. The van der Waals surface area contributed by atoms with E-state index in [1.165, 1.54) is 0 Å². The van der Waals surface area contributed by atoms with E-state index in [0.717, 1.165) is 12.5 Å². The smallest absolute Gasteiger partial charge is 0.327 e. The number of carbonyl (C=O) groups is 1. The molecule has 2 N–H and O–H groups in total. The average Bonchev–Trinajstić information content (AvgIpc) is 2.30. The third kappa shape index (κ3) is 5.51. The molecule has 5 nitrogen and oxygen atoms in total. The van der Waals surface area contributed by atoms with Crippen molar-refractivity contribution < 1.29 is 24.5 Å². The van der Waals surface area contributed by atoms with E-state index in [2.05, 4.69) is 6.58 Å². The minimum absolute atomic E-state index is 0.127. The maximum atomic E-state index is 9.25. The van der Waals surface area contributed by atoms with Crippen LogP contribution in [0.4, 0.5) is 0 Å². The van der Waals surface area contributed by atoms with Gasteiger partial charge in [0.25, 0.3) is 0 Å². The minimum Gasteiger partial charge on any atom is -0.478 e. The van der Waals surface area contributed by atoms with Crippen molar-refractivity contribution in [3.05, 3.63) is 12.7 Å². The van der Waals surface area contributed by atoms with Crippen LogP contribution in [0.3, 0.4) is 0 Å². The molecule has 15 heavy (non-hydrogen) atoms. The summed E-state index contributed by atoms with van der Waals surface area (Å²) < 4.78 is 10.2. The lowest BCUT2D eigenvalue weighted by molar-refractivity contribution is -0.176. The molecule has 0 saturated carbocycles. The maximum absolute atomic E-state index is 9.25. The number of aliphatic carboxylic acids is 1. The Kier molecular flexibility index (Phi) is 6.94. The summed E-state index contributed by atoms with van der Waals surface area (Å²) in [4.78, 5) is 9.25. The molecule has 1 aliphatic heterocycles. The van der Waals surface area contributed by atoms with Crippen molar-refractivity contribution in [2.45, 2.75) is 13.3 Å². The predicted molar refractivity (Wildman–Crippen MR) is 54.4 cm³/mol. The number of ether oxygens (including phenoxy) is 2. The second-order valence-electron chi connectivity index (χ2n) is 3.37. The van der Waals surface area contributed by atoms with Gasteiger partial charge in [-0.05, 0) is 6.42 Å². The van der Waals surface area contributed by atoms with E-state index in [1.54, 1.807) is 0 Å². The fourth-order valence-electron chi connectivity index (χ4n) is 1.02. The fourth-order valence-corrected chi connectivity index (χ4v) is 1.02. The lowest BCUT2D eigenvalue weighted by atomic mass is 9.88. The Hall–Kier alpha value is -0.910. The van der Waals surface area contributed by atoms with Gasteiger partial charge in [-0.1, -0.05) is 13.5 Å². The van der Waals surface area contributed by atoms with Crippen LogP contribution in [0.2, 0.25) is 0 Å². The van der Waals surface area contributed by atoms with Gasteiger partial charge >= 0.3 is 5.97 Å². The maximum Gasteiger partial charge on any atom is 0.327 e. The van der Waals surface area contributed by atoms with E-state index in [9.17, 15) is 4.79 Å². The number of carboxylic acids is 1. The Balaban J connectivity index is 0.000000336. The molecule has 0 atom stereocenters. The molecule has 0 amide bonds. The summed E-state index contributed by atoms with van der Waals surface area (Å²) in [5, 5.41) is 16.6. The van der Waals surface area contributed by atoms with Gasteiger partial charge in [0.2, 0.25) is 0 Å². The van der Waals surface area contributed by atoms with E-state index >= 15 is 0 Å². The third-order valence-corrected chi connectivity index (χ3v) is 2.24. The van der Waals surface area contributed by atoms with Crippen molar-refractivity contribution in [1.29, 1.82) is 0 Å². The van der Waals surface area contributed by atoms with Crippen LogP contribution in [0, 0.1) is 5.41 Å². The molecule has 0 unspecified atom stereocenters. The Bertz CT molecular complexity index is 190. The first-order valence-corrected chi connectivity index (χ1v) is 4.72. The quantitative estimate of drug-likeness (QED) is 0.680. The summed E-state index contributed by atoms with van der Waals surface area (Å²) >= 11 is 0. The Morgan fingerprint density at radius 3 is 2.20 bits per heavy atom. The standard InChI is InChI=1S/C7H14O3.C3H4O2/c1-2-7(3-8)4-9-6-10-5-7;1-2-3(4)5/h8H,2-6H2,1H3;2H,1H2,(H,4,5). The predicted octanol–water partition coefficient (Wildman–Crippen LogP) is 0.636. The highest BCUT2D eigenvalue weighted by atomic mass is 16.7. The highest BCUT2D eigenvalue weighted by molar-refractivity contribution is 5.78. The van der Waals surface area contributed by atoms with Gasteiger partial charge in [-0.25, -0.2) is 4.79 Å². The van der Waals surface area contributed by atoms with Gasteiger partial charge < -0.3 is 19.7 Å². The fraction of sp³-hybridized carbons (Fsp3) is 0.700. The van der Waals surface area contributed by atoms with Gasteiger partial charge in [-0.3, -0.25) is 0 Å². The van der Waals surface area contributed by atoms with Crippen LogP contribution in [0.1, 0.15) is 13.3 Å². The molecular formula is C10H18O5. The van der Waals surface area contributed by atoms with Gasteiger partial charge in [0.15, 0.2) is 0 Å². The van der Waals surface area contributed by atoms with Crippen molar-refractivity contribution in [3.8, 4) is 0 Å². The molecule has 0 spiro atoms. The van der Waals surface area contributed by atoms with Crippen LogP contribution in [0.25, 0.3) is 0 Å². The normalized spacial score (nSPS) is 18.5. The van der Waals surface area contributed by atoms with Crippen LogP contribution in [0.5, 0.6) is 0 Å². The van der Waals surface area contributed by atoms with Gasteiger partial charge in [0.1, 0.15) is 6.79 Å². The second kappa shape index (κ2) is 7.39. The summed E-state index contributed by atoms with van der Waals surface area (Å²) in [6, 6.07) is 0. The van der Waals surface area contributed by atoms with E-state index in [1.807, 2.05) is 6.92 Å². The van der Waals surface area contributed by atoms with Crippen LogP contribution >= 0.6 is 0 Å². The summed E-state index contributed by atoms with van der Waals surface area (Å²) in [5.74, 6) is -0.981. The summed E-state index contributed by atoms with van der Waals surface area (Å²) in [6.45, 7) is 6.78. The molecule has 0 aromatic heterocycles. The van der Waals surface area contributed by atoms with Crippen LogP contribution < -0.4 is 0 Å². The van der Waals surface area contributed by atoms with Crippen molar-refractivity contribution >= 4 is 5.97 Å². The molecule has 5 heteroatoms. The molecule has 0 aromatic carbocycles. The molecule has 1 aliphatic rings. The lowest BCUT2D eigenvalue weighted by Gasteiger charge is -2.33. The zero-order valence-electron chi connectivity index (χ0n) is 8.94. The highest BCUT2D eigenvalue weighted by Crippen LogP contribution is 2.24. The highest BCUT2D eigenvalue weighted by Gasteiger charge is 2.30. The molecule has 1 fully saturated rings. The topological polar surface area (TPSA) is 76.0 Å². The Morgan fingerprint density at radius 1 is 1.53 bits per heavy atom. The molecule has 0 bridgehead atoms. The van der Waals surface area contributed by atoms with Crippen molar-refractivity contribution in [3.63, 3.8) is 0 Å². The molecule has 1 saturated heterocycles. The van der Waals surface area contributed by atoms with Gasteiger partial charge in [-0.15, -0.1) is 0 Å². The third-order valence-electron chi connectivity index (χ3n) is 2.24. The largest absolute Gasteiger partial charge is 0.478 e. The first-order chi connectivity index (χ1) is 7.10. The summed E-state index contributed by atoms with van der Waals surface area (Å²) in [7, 11) is 0. The molecular weight excluding hydrogens is 200 g/mol. The first-order valence-electron chi connectivity index (χ1n) is 4.72. The van der Waals surface area contributed by atoms with Crippen LogP contribution in [0.15, 0.2) is 12.7 Å².